The lowest BCUT2D eigenvalue weighted by Crippen LogP contribution is -2.32. The molecule has 19 heavy (non-hydrogen) atoms. The molecular weight excluding hydrogens is 276 g/mol. The molecular formula is C14H22N2OS2. The van der Waals surface area contributed by atoms with Crippen molar-refractivity contribution in [3.63, 3.8) is 0 Å². The molecule has 0 fully saturated rings. The van der Waals surface area contributed by atoms with Crippen LogP contribution in [0.15, 0.2) is 23.1 Å². The fourth-order valence-electron chi connectivity index (χ4n) is 1.65. The summed E-state index contributed by atoms with van der Waals surface area (Å²) in [6.07, 6.45) is 1.82. The van der Waals surface area contributed by atoms with Crippen molar-refractivity contribution in [3.05, 3.63) is 23.8 Å². The van der Waals surface area contributed by atoms with Crippen LogP contribution in [-0.2, 0) is 11.2 Å². The summed E-state index contributed by atoms with van der Waals surface area (Å²) in [5.74, 6) is 1.11. The van der Waals surface area contributed by atoms with E-state index in [0.29, 0.717) is 12.2 Å². The van der Waals surface area contributed by atoms with Gasteiger partial charge in [0, 0.05) is 17.1 Å². The summed E-state index contributed by atoms with van der Waals surface area (Å²) in [4.78, 5) is 12.6. The van der Waals surface area contributed by atoms with Crippen molar-refractivity contribution in [3.8, 4) is 0 Å². The molecule has 5 heteroatoms. The Bertz CT molecular complexity index is 424. The van der Waals surface area contributed by atoms with Gasteiger partial charge in [-0.1, -0.05) is 19.1 Å². The Morgan fingerprint density at radius 2 is 2.26 bits per heavy atom. The molecule has 0 saturated heterocycles. The predicted molar refractivity (Wildman–Crippen MR) is 87.0 cm³/mol. The van der Waals surface area contributed by atoms with Crippen molar-refractivity contribution in [2.75, 3.05) is 18.0 Å². The van der Waals surface area contributed by atoms with Gasteiger partial charge in [-0.15, -0.1) is 24.4 Å². The van der Waals surface area contributed by atoms with E-state index in [1.54, 1.807) is 11.8 Å². The first kappa shape index (κ1) is 16.2. The summed E-state index contributed by atoms with van der Waals surface area (Å²) in [6.45, 7) is 4.67. The van der Waals surface area contributed by atoms with Gasteiger partial charge in [-0.2, -0.15) is 0 Å². The molecule has 1 aromatic rings. The topological polar surface area (TPSA) is 55.1 Å². The molecule has 0 aliphatic rings. The van der Waals surface area contributed by atoms with Crippen LogP contribution in [-0.4, -0.2) is 23.5 Å². The zero-order valence-corrected chi connectivity index (χ0v) is 13.2. The first-order chi connectivity index (χ1) is 9.06. The lowest BCUT2D eigenvalue weighted by Gasteiger charge is -2.12. The van der Waals surface area contributed by atoms with E-state index in [2.05, 4.69) is 24.9 Å². The highest BCUT2D eigenvalue weighted by Gasteiger charge is 2.12. The molecule has 1 aromatic carbocycles. The second-order valence-electron chi connectivity index (χ2n) is 4.40. The number of carbonyl (C=O) groups is 1. The maximum Gasteiger partial charge on any atom is 0.232 e. The van der Waals surface area contributed by atoms with E-state index >= 15 is 0 Å². The number of anilines is 1. The molecule has 0 heterocycles. The van der Waals surface area contributed by atoms with Crippen molar-refractivity contribution >= 4 is 36.0 Å². The second-order valence-corrected chi connectivity index (χ2v) is 6.33. The van der Waals surface area contributed by atoms with E-state index in [9.17, 15) is 4.79 Å². The number of nitrogens with two attached hydrogens (primary N) is 1. The van der Waals surface area contributed by atoms with Crippen LogP contribution < -0.4 is 11.1 Å². The molecule has 0 aliphatic heterocycles. The number of para-hydroxylation sites is 1. The van der Waals surface area contributed by atoms with Crippen LogP contribution in [0.1, 0.15) is 25.8 Å². The van der Waals surface area contributed by atoms with E-state index in [-0.39, 0.29) is 11.2 Å². The van der Waals surface area contributed by atoms with E-state index in [1.165, 1.54) is 0 Å². The summed E-state index contributed by atoms with van der Waals surface area (Å²) in [6, 6.07) is 5.76. The molecule has 0 aliphatic carbocycles. The molecule has 1 atom stereocenters. The van der Waals surface area contributed by atoms with Crippen LogP contribution in [0, 0.1) is 0 Å². The lowest BCUT2D eigenvalue weighted by atomic mass is 10.1. The third kappa shape index (κ3) is 5.37. The monoisotopic (exact) mass is 298 g/mol. The van der Waals surface area contributed by atoms with Crippen molar-refractivity contribution < 1.29 is 4.79 Å². The van der Waals surface area contributed by atoms with Crippen molar-refractivity contribution in [1.29, 1.82) is 0 Å². The number of hydrogen-bond acceptors (Lipinski definition) is 4. The molecule has 0 bridgehead atoms. The van der Waals surface area contributed by atoms with Gasteiger partial charge in [0.05, 0.1) is 5.25 Å². The molecule has 3 nitrogen and oxygen atoms in total. The molecule has 106 valence electrons. The number of thiol groups is 1. The van der Waals surface area contributed by atoms with Crippen LogP contribution in [0.4, 0.5) is 5.69 Å². The fraction of sp³-hybridized carbons (Fsp3) is 0.500. The summed E-state index contributed by atoms with van der Waals surface area (Å²) in [5.41, 5.74) is 7.66. The zero-order valence-electron chi connectivity index (χ0n) is 11.5. The van der Waals surface area contributed by atoms with E-state index in [0.717, 1.165) is 29.1 Å². The Kier molecular flexibility index (Phi) is 7.16. The van der Waals surface area contributed by atoms with Gasteiger partial charge < -0.3 is 11.1 Å². The average Bonchev–Trinajstić information content (AvgIpc) is 2.40. The third-order valence-corrected chi connectivity index (χ3v) is 4.56. The molecule has 0 aromatic heterocycles. The predicted octanol–water partition coefficient (Wildman–Crippen LogP) is 2.75. The minimum atomic E-state index is 0.00788. The second kappa shape index (κ2) is 8.38. The van der Waals surface area contributed by atoms with Gasteiger partial charge >= 0.3 is 0 Å². The van der Waals surface area contributed by atoms with Crippen molar-refractivity contribution in [1.82, 2.24) is 5.32 Å². The number of thioether (sulfide) groups is 1. The molecule has 1 unspecified atom stereocenters. The Morgan fingerprint density at radius 1 is 1.53 bits per heavy atom. The van der Waals surface area contributed by atoms with Gasteiger partial charge in [-0.3, -0.25) is 4.79 Å². The number of nitrogen functional groups attached to an aromatic ring is 1. The van der Waals surface area contributed by atoms with Crippen LogP contribution in [0.25, 0.3) is 0 Å². The summed E-state index contributed by atoms with van der Waals surface area (Å²) < 4.78 is 0. The average molecular weight is 298 g/mol. The van der Waals surface area contributed by atoms with Gasteiger partial charge in [0.15, 0.2) is 0 Å². The van der Waals surface area contributed by atoms with Crippen molar-refractivity contribution in [2.45, 2.75) is 36.8 Å². The Labute approximate surface area is 125 Å². The fourth-order valence-corrected chi connectivity index (χ4v) is 2.71. The number of hydrogen-bond donors (Lipinski definition) is 3. The minimum absolute atomic E-state index is 0.00788. The van der Waals surface area contributed by atoms with E-state index < -0.39 is 0 Å². The largest absolute Gasteiger partial charge is 0.398 e. The highest BCUT2D eigenvalue weighted by Crippen LogP contribution is 2.20. The van der Waals surface area contributed by atoms with Gasteiger partial charge in [-0.05, 0) is 37.1 Å². The summed E-state index contributed by atoms with van der Waals surface area (Å²) in [5, 5.41) is 2.95. The molecule has 3 N–H and O–H groups in total. The van der Waals surface area contributed by atoms with Gasteiger partial charge in [0.25, 0.3) is 0 Å². The first-order valence-electron chi connectivity index (χ1n) is 6.52. The molecule has 0 saturated carbocycles. The minimum Gasteiger partial charge on any atom is -0.398 e. The molecule has 1 amide bonds. The van der Waals surface area contributed by atoms with E-state index in [1.807, 2.05) is 25.1 Å². The van der Waals surface area contributed by atoms with Crippen LogP contribution in [0.2, 0.25) is 0 Å². The van der Waals surface area contributed by atoms with Crippen molar-refractivity contribution in [2.24, 2.45) is 0 Å². The van der Waals surface area contributed by atoms with Gasteiger partial charge in [0.1, 0.15) is 0 Å². The molecule has 0 spiro atoms. The van der Waals surface area contributed by atoms with E-state index in [4.69, 9.17) is 5.73 Å². The number of rotatable bonds is 7. The lowest BCUT2D eigenvalue weighted by molar-refractivity contribution is -0.120. The molecule has 1 rings (SSSR count). The Morgan fingerprint density at radius 3 is 2.95 bits per heavy atom. The highest BCUT2D eigenvalue weighted by atomic mass is 32.2. The number of amides is 1. The highest BCUT2D eigenvalue weighted by molar-refractivity contribution is 8.00. The maximum absolute atomic E-state index is 11.8. The van der Waals surface area contributed by atoms with Crippen LogP contribution in [0.5, 0.6) is 0 Å². The Balaban J connectivity index is 2.37. The quantitative estimate of drug-likeness (QED) is 0.536. The van der Waals surface area contributed by atoms with Crippen LogP contribution in [0.3, 0.4) is 0 Å². The summed E-state index contributed by atoms with van der Waals surface area (Å²) in [7, 11) is 0. The van der Waals surface area contributed by atoms with Gasteiger partial charge in [-0.25, -0.2) is 0 Å². The Hall–Kier alpha value is -0.810. The summed E-state index contributed by atoms with van der Waals surface area (Å²) >= 11 is 5.97. The maximum atomic E-state index is 11.8. The first-order valence-corrected chi connectivity index (χ1v) is 8.01. The third-order valence-electron chi connectivity index (χ3n) is 2.81. The standard InChI is InChI=1S/C14H22N2OS2/c1-3-9-19-10(2)14(17)16-8-7-11-5-4-6-12(18)13(11)15/h4-6,10,18H,3,7-9,15H2,1-2H3,(H,16,17). The number of benzene rings is 1. The number of nitrogens with one attached hydrogen (secondary N) is 1. The smallest absolute Gasteiger partial charge is 0.232 e. The number of carbonyl (C=O) groups excluding carboxylic acids is 1. The zero-order chi connectivity index (χ0) is 14.3. The SMILES string of the molecule is CCCSC(C)C(=O)NCCc1cccc(S)c1N. The van der Waals surface area contributed by atoms with Crippen LogP contribution >= 0.6 is 24.4 Å². The normalized spacial score (nSPS) is 12.2. The van der Waals surface area contributed by atoms with Gasteiger partial charge in [0.2, 0.25) is 5.91 Å². The molecule has 0 radical (unpaired) electrons.